The molecule has 4 heterocycles. The molecular formula is C27H38ClN5O2. The first kappa shape index (κ1) is 24.6. The van der Waals surface area contributed by atoms with Crippen molar-refractivity contribution in [3.63, 3.8) is 0 Å². The molecule has 1 aromatic heterocycles. The average molecular weight is 500 g/mol. The number of halogens is 1. The van der Waals surface area contributed by atoms with Gasteiger partial charge in [0.25, 0.3) is 6.01 Å². The SMILES string of the molecule is CN1CCC(CN2CCN(C(=O)CCc3oc(N4CCCC4)nc3-c3ccc(Cl)cc3)CC2)CC1. The minimum Gasteiger partial charge on any atom is -0.428 e. The molecule has 0 N–H and O–H groups in total. The Balaban J connectivity index is 1.17. The highest BCUT2D eigenvalue weighted by atomic mass is 35.5. The lowest BCUT2D eigenvalue weighted by atomic mass is 9.96. The van der Waals surface area contributed by atoms with Gasteiger partial charge in [0.05, 0.1) is 0 Å². The van der Waals surface area contributed by atoms with Crippen LogP contribution in [-0.4, -0.2) is 91.5 Å². The smallest absolute Gasteiger partial charge is 0.298 e. The van der Waals surface area contributed by atoms with Gasteiger partial charge < -0.3 is 19.1 Å². The normalized spacial score (nSPS) is 20.6. The largest absolute Gasteiger partial charge is 0.428 e. The van der Waals surface area contributed by atoms with Gasteiger partial charge in [-0.3, -0.25) is 9.69 Å². The van der Waals surface area contributed by atoms with E-state index < -0.39 is 0 Å². The van der Waals surface area contributed by atoms with Crippen molar-refractivity contribution in [1.82, 2.24) is 19.7 Å². The summed E-state index contributed by atoms with van der Waals surface area (Å²) in [5.41, 5.74) is 1.81. The monoisotopic (exact) mass is 499 g/mol. The third-order valence-electron chi connectivity index (χ3n) is 7.83. The molecular weight excluding hydrogens is 462 g/mol. The fourth-order valence-corrected chi connectivity index (χ4v) is 5.68. The van der Waals surface area contributed by atoms with Crippen LogP contribution in [0, 0.1) is 5.92 Å². The Morgan fingerprint density at radius 1 is 1.00 bits per heavy atom. The summed E-state index contributed by atoms with van der Waals surface area (Å²) in [6, 6.07) is 8.38. The number of hydrogen-bond acceptors (Lipinski definition) is 6. The molecule has 0 radical (unpaired) electrons. The number of rotatable bonds is 7. The van der Waals surface area contributed by atoms with E-state index in [9.17, 15) is 4.79 Å². The molecule has 0 unspecified atom stereocenters. The molecule has 0 atom stereocenters. The van der Waals surface area contributed by atoms with Crippen molar-refractivity contribution in [2.75, 3.05) is 70.9 Å². The third-order valence-corrected chi connectivity index (χ3v) is 8.08. The summed E-state index contributed by atoms with van der Waals surface area (Å²) in [5, 5.41) is 0.698. The van der Waals surface area contributed by atoms with Crippen molar-refractivity contribution < 1.29 is 9.21 Å². The molecule has 3 aliphatic rings. The third kappa shape index (κ3) is 6.19. The number of hydrogen-bond donors (Lipinski definition) is 0. The van der Waals surface area contributed by atoms with Crippen LogP contribution in [0.3, 0.4) is 0 Å². The van der Waals surface area contributed by atoms with Gasteiger partial charge in [-0.1, -0.05) is 23.7 Å². The van der Waals surface area contributed by atoms with Gasteiger partial charge in [0, 0.05) is 69.2 Å². The lowest BCUT2D eigenvalue weighted by Gasteiger charge is -2.38. The quantitative estimate of drug-likeness (QED) is 0.573. The second-order valence-electron chi connectivity index (χ2n) is 10.4. The van der Waals surface area contributed by atoms with E-state index in [0.29, 0.717) is 23.9 Å². The lowest BCUT2D eigenvalue weighted by Crippen LogP contribution is -2.50. The number of carbonyl (C=O) groups is 1. The number of piperidine rings is 1. The van der Waals surface area contributed by atoms with Crippen LogP contribution in [0.4, 0.5) is 6.01 Å². The molecule has 7 nitrogen and oxygen atoms in total. The number of benzene rings is 1. The number of oxazole rings is 1. The Bertz CT molecular complexity index is 972. The van der Waals surface area contributed by atoms with Crippen LogP contribution in [0.5, 0.6) is 0 Å². The first-order chi connectivity index (χ1) is 17.0. The highest BCUT2D eigenvalue weighted by Crippen LogP contribution is 2.31. The molecule has 8 heteroatoms. The van der Waals surface area contributed by atoms with Crippen molar-refractivity contribution in [2.24, 2.45) is 5.92 Å². The van der Waals surface area contributed by atoms with Gasteiger partial charge in [-0.05, 0) is 63.9 Å². The van der Waals surface area contributed by atoms with Crippen LogP contribution in [0.15, 0.2) is 28.7 Å². The molecule has 190 valence electrons. The summed E-state index contributed by atoms with van der Waals surface area (Å²) in [6.07, 6.45) is 5.93. The van der Waals surface area contributed by atoms with E-state index in [4.69, 9.17) is 21.0 Å². The van der Waals surface area contributed by atoms with Crippen molar-refractivity contribution in [3.05, 3.63) is 35.0 Å². The van der Waals surface area contributed by atoms with Crippen molar-refractivity contribution in [1.29, 1.82) is 0 Å². The van der Waals surface area contributed by atoms with Crippen molar-refractivity contribution in [3.8, 4) is 11.3 Å². The molecule has 1 amide bonds. The van der Waals surface area contributed by atoms with E-state index in [2.05, 4.69) is 21.7 Å². The number of amides is 1. The fraction of sp³-hybridized carbons (Fsp3) is 0.630. The lowest BCUT2D eigenvalue weighted by molar-refractivity contribution is -0.133. The zero-order valence-electron chi connectivity index (χ0n) is 20.9. The molecule has 2 aromatic rings. The molecule has 1 aromatic carbocycles. The zero-order chi connectivity index (χ0) is 24.2. The van der Waals surface area contributed by atoms with Crippen LogP contribution in [0.25, 0.3) is 11.3 Å². The van der Waals surface area contributed by atoms with Crippen molar-refractivity contribution in [2.45, 2.75) is 38.5 Å². The Morgan fingerprint density at radius 2 is 1.69 bits per heavy atom. The second-order valence-corrected chi connectivity index (χ2v) is 10.8. The summed E-state index contributed by atoms with van der Waals surface area (Å²) in [4.78, 5) is 27.1. The van der Waals surface area contributed by atoms with Gasteiger partial charge >= 0.3 is 0 Å². The first-order valence-corrected chi connectivity index (χ1v) is 13.6. The van der Waals surface area contributed by atoms with Gasteiger partial charge in [-0.15, -0.1) is 0 Å². The number of likely N-dealkylation sites (tertiary alicyclic amines) is 1. The fourth-order valence-electron chi connectivity index (χ4n) is 5.55. The van der Waals surface area contributed by atoms with E-state index in [1.165, 1.54) is 32.5 Å². The van der Waals surface area contributed by atoms with E-state index in [-0.39, 0.29) is 5.91 Å². The Labute approximate surface area is 214 Å². The summed E-state index contributed by atoms with van der Waals surface area (Å²) in [5.74, 6) is 1.81. The maximum atomic E-state index is 13.1. The Morgan fingerprint density at radius 3 is 2.37 bits per heavy atom. The van der Waals surface area contributed by atoms with Crippen LogP contribution >= 0.6 is 11.6 Å². The molecule has 0 aliphatic carbocycles. The predicted octanol–water partition coefficient (Wildman–Crippen LogP) is 4.01. The number of nitrogens with zero attached hydrogens (tertiary/aromatic N) is 5. The molecule has 0 spiro atoms. The molecule has 0 saturated carbocycles. The van der Waals surface area contributed by atoms with Gasteiger partial charge in [0.1, 0.15) is 11.5 Å². The van der Waals surface area contributed by atoms with Gasteiger partial charge in [0.2, 0.25) is 5.91 Å². The average Bonchev–Trinajstić information content (AvgIpc) is 3.55. The molecule has 3 aliphatic heterocycles. The van der Waals surface area contributed by atoms with Crippen LogP contribution in [0.1, 0.15) is 37.9 Å². The highest BCUT2D eigenvalue weighted by molar-refractivity contribution is 6.30. The summed E-state index contributed by atoms with van der Waals surface area (Å²) < 4.78 is 6.23. The standard InChI is InChI=1S/C27H38ClN5O2/c1-30-14-10-21(11-15-30)20-31-16-18-32(19-17-31)25(34)9-8-24-26(22-4-6-23(28)7-5-22)29-27(35-24)33-12-2-3-13-33/h4-7,21H,2-3,8-20H2,1H3. The maximum Gasteiger partial charge on any atom is 0.298 e. The van der Waals surface area contributed by atoms with Crippen LogP contribution in [-0.2, 0) is 11.2 Å². The molecule has 5 rings (SSSR count). The highest BCUT2D eigenvalue weighted by Gasteiger charge is 2.26. The van der Waals surface area contributed by atoms with Gasteiger partial charge in [-0.25, -0.2) is 0 Å². The summed E-state index contributed by atoms with van der Waals surface area (Å²) in [6.45, 7) is 9.16. The minimum absolute atomic E-state index is 0.213. The number of anilines is 1. The zero-order valence-corrected chi connectivity index (χ0v) is 21.7. The first-order valence-electron chi connectivity index (χ1n) is 13.2. The molecule has 35 heavy (non-hydrogen) atoms. The second kappa shape index (κ2) is 11.3. The van der Waals surface area contributed by atoms with Gasteiger partial charge in [-0.2, -0.15) is 4.98 Å². The van der Waals surface area contributed by atoms with E-state index in [1.807, 2.05) is 29.2 Å². The number of aromatic nitrogens is 1. The van der Waals surface area contributed by atoms with Crippen molar-refractivity contribution >= 4 is 23.5 Å². The van der Waals surface area contributed by atoms with E-state index in [1.54, 1.807) is 0 Å². The van der Waals surface area contributed by atoms with Crippen LogP contribution < -0.4 is 4.90 Å². The van der Waals surface area contributed by atoms with E-state index in [0.717, 1.165) is 75.0 Å². The Hall–Kier alpha value is -2.09. The van der Waals surface area contributed by atoms with Crippen LogP contribution in [0.2, 0.25) is 5.02 Å². The summed E-state index contributed by atoms with van der Waals surface area (Å²) >= 11 is 6.10. The molecule has 3 fully saturated rings. The predicted molar refractivity (Wildman–Crippen MR) is 140 cm³/mol. The molecule has 3 saturated heterocycles. The number of carbonyl (C=O) groups excluding carboxylic acids is 1. The summed E-state index contributed by atoms with van der Waals surface area (Å²) in [7, 11) is 2.21. The number of piperazine rings is 1. The topological polar surface area (TPSA) is 56.1 Å². The Kier molecular flexibility index (Phi) is 7.95. The minimum atomic E-state index is 0.213. The van der Waals surface area contributed by atoms with Gasteiger partial charge in [0.15, 0.2) is 0 Å². The number of aryl methyl sites for hydroxylation is 1. The maximum absolute atomic E-state index is 13.1. The van der Waals surface area contributed by atoms with E-state index >= 15 is 0 Å². The molecule has 0 bridgehead atoms.